The molecule has 1 saturated heterocycles. The molecule has 2 rings (SSSR count). The summed E-state index contributed by atoms with van der Waals surface area (Å²) in [6.07, 6.45) is 6.10. The maximum Gasteiger partial charge on any atom is 0.251 e. The molecule has 6 heteroatoms. The number of nitrogens with zero attached hydrogens (tertiary/aromatic N) is 1. The maximum atomic E-state index is 12.1. The molecule has 0 aliphatic carbocycles. The van der Waals surface area contributed by atoms with Crippen LogP contribution in [-0.2, 0) is 4.79 Å². The molecule has 5 nitrogen and oxygen atoms in total. The molecule has 1 aliphatic rings. The Morgan fingerprint density at radius 2 is 1.85 bits per heavy atom. The van der Waals surface area contributed by atoms with Gasteiger partial charge in [-0.25, -0.2) is 0 Å². The van der Waals surface area contributed by atoms with Gasteiger partial charge in [-0.2, -0.15) is 0 Å². The van der Waals surface area contributed by atoms with Crippen LogP contribution < -0.4 is 11.1 Å². The number of likely N-dealkylation sites (tertiary alicyclic amines) is 1. The van der Waals surface area contributed by atoms with Crippen LogP contribution in [0.2, 0.25) is 0 Å². The summed E-state index contributed by atoms with van der Waals surface area (Å²) in [5.74, 6) is -0.580. The lowest BCUT2D eigenvalue weighted by Gasteiger charge is -2.23. The van der Waals surface area contributed by atoms with Crippen molar-refractivity contribution in [2.45, 2.75) is 32.1 Å². The minimum atomic E-state index is -0.507. The number of nitrogens with two attached hydrogens (primary N) is 1. The summed E-state index contributed by atoms with van der Waals surface area (Å²) in [7, 11) is 0. The number of hydrogen-bond acceptors (Lipinski definition) is 4. The van der Waals surface area contributed by atoms with Crippen LogP contribution in [0.4, 0.5) is 5.00 Å². The first-order valence-electron chi connectivity index (χ1n) is 7.06. The van der Waals surface area contributed by atoms with Gasteiger partial charge in [0.25, 0.3) is 5.91 Å². The zero-order chi connectivity index (χ0) is 14.4. The highest BCUT2D eigenvalue weighted by Crippen LogP contribution is 2.22. The standard InChI is InChI=1S/C14H21N3O2S/c15-13(19)11-6-9-20-14(11)16-12(18)10-17-7-4-2-1-3-5-8-17/h6,9H,1-5,7-8,10H2,(H2,15,19)(H,16,18). The van der Waals surface area contributed by atoms with Gasteiger partial charge in [0.15, 0.2) is 0 Å². The second kappa shape index (κ2) is 7.40. The molecule has 2 heterocycles. The normalized spacial score (nSPS) is 17.2. The molecular formula is C14H21N3O2S. The molecule has 110 valence electrons. The summed E-state index contributed by atoms with van der Waals surface area (Å²) in [4.78, 5) is 25.4. The Morgan fingerprint density at radius 3 is 2.50 bits per heavy atom. The molecule has 1 aliphatic heterocycles. The summed E-state index contributed by atoms with van der Waals surface area (Å²) in [5.41, 5.74) is 5.65. The van der Waals surface area contributed by atoms with Crippen LogP contribution >= 0.6 is 11.3 Å². The molecule has 0 spiro atoms. The molecule has 0 bridgehead atoms. The maximum absolute atomic E-state index is 12.1. The van der Waals surface area contributed by atoms with E-state index in [1.54, 1.807) is 11.4 Å². The monoisotopic (exact) mass is 295 g/mol. The van der Waals surface area contributed by atoms with Crippen molar-refractivity contribution in [2.75, 3.05) is 25.0 Å². The van der Waals surface area contributed by atoms with Crippen molar-refractivity contribution in [1.29, 1.82) is 0 Å². The Bertz CT molecular complexity index is 465. The van der Waals surface area contributed by atoms with Gasteiger partial charge in [0.05, 0.1) is 12.1 Å². The van der Waals surface area contributed by atoms with Crippen molar-refractivity contribution in [1.82, 2.24) is 4.90 Å². The summed E-state index contributed by atoms with van der Waals surface area (Å²) in [6.45, 7) is 2.33. The Labute approximate surface area is 123 Å². The zero-order valence-corrected chi connectivity index (χ0v) is 12.4. The van der Waals surface area contributed by atoms with Crippen LogP contribution in [0.5, 0.6) is 0 Å². The predicted octanol–water partition coefficient (Wildman–Crippen LogP) is 2.05. The van der Waals surface area contributed by atoms with E-state index in [1.165, 1.54) is 30.6 Å². The molecule has 1 aromatic heterocycles. The number of nitrogens with one attached hydrogen (secondary N) is 1. The van der Waals surface area contributed by atoms with Gasteiger partial charge in [0.2, 0.25) is 5.91 Å². The molecule has 1 aromatic rings. The Balaban J connectivity index is 1.87. The highest BCUT2D eigenvalue weighted by atomic mass is 32.1. The average Bonchev–Trinajstić information content (AvgIpc) is 2.80. The lowest BCUT2D eigenvalue weighted by Crippen LogP contribution is -2.35. The van der Waals surface area contributed by atoms with Gasteiger partial charge < -0.3 is 11.1 Å². The van der Waals surface area contributed by atoms with Crippen LogP contribution in [0, 0.1) is 0 Å². The third kappa shape index (κ3) is 4.31. The molecule has 20 heavy (non-hydrogen) atoms. The third-order valence-electron chi connectivity index (χ3n) is 3.50. The van der Waals surface area contributed by atoms with Crippen molar-refractivity contribution in [3.63, 3.8) is 0 Å². The van der Waals surface area contributed by atoms with Gasteiger partial charge in [-0.3, -0.25) is 14.5 Å². The van der Waals surface area contributed by atoms with Gasteiger partial charge in [-0.1, -0.05) is 19.3 Å². The fourth-order valence-electron chi connectivity index (χ4n) is 2.44. The molecule has 0 aromatic carbocycles. The Hall–Kier alpha value is -1.40. The zero-order valence-electron chi connectivity index (χ0n) is 11.6. The lowest BCUT2D eigenvalue weighted by atomic mass is 10.1. The molecule has 0 atom stereocenters. The van der Waals surface area contributed by atoms with E-state index in [-0.39, 0.29) is 5.91 Å². The lowest BCUT2D eigenvalue weighted by molar-refractivity contribution is -0.117. The Morgan fingerprint density at radius 1 is 1.20 bits per heavy atom. The van der Waals surface area contributed by atoms with Crippen LogP contribution in [-0.4, -0.2) is 36.3 Å². The molecule has 2 amide bonds. The summed E-state index contributed by atoms with van der Waals surface area (Å²) < 4.78 is 0. The smallest absolute Gasteiger partial charge is 0.251 e. The second-order valence-corrected chi connectivity index (χ2v) is 6.04. The summed E-state index contributed by atoms with van der Waals surface area (Å²) in [6, 6.07) is 1.64. The fraction of sp³-hybridized carbons (Fsp3) is 0.571. The van der Waals surface area contributed by atoms with E-state index in [0.717, 1.165) is 25.9 Å². The first-order chi connectivity index (χ1) is 9.66. The van der Waals surface area contributed by atoms with E-state index in [1.807, 2.05) is 0 Å². The molecule has 1 fully saturated rings. The van der Waals surface area contributed by atoms with E-state index in [9.17, 15) is 9.59 Å². The van der Waals surface area contributed by atoms with E-state index in [0.29, 0.717) is 17.1 Å². The number of primary amides is 1. The van der Waals surface area contributed by atoms with Crippen LogP contribution in [0.1, 0.15) is 42.5 Å². The number of rotatable bonds is 4. The second-order valence-electron chi connectivity index (χ2n) is 5.12. The Kier molecular flexibility index (Phi) is 5.55. The van der Waals surface area contributed by atoms with Crippen LogP contribution in [0.25, 0.3) is 0 Å². The van der Waals surface area contributed by atoms with E-state index in [4.69, 9.17) is 5.73 Å². The highest BCUT2D eigenvalue weighted by Gasteiger charge is 2.15. The van der Waals surface area contributed by atoms with Crippen molar-refractivity contribution >= 4 is 28.2 Å². The number of hydrogen-bond donors (Lipinski definition) is 2. The van der Waals surface area contributed by atoms with Gasteiger partial charge in [-0.15, -0.1) is 11.3 Å². The van der Waals surface area contributed by atoms with Crippen molar-refractivity contribution in [3.05, 3.63) is 17.0 Å². The first kappa shape index (κ1) is 15.0. The van der Waals surface area contributed by atoms with Gasteiger partial charge >= 0.3 is 0 Å². The predicted molar refractivity (Wildman–Crippen MR) is 81.0 cm³/mol. The number of amides is 2. The number of anilines is 1. The van der Waals surface area contributed by atoms with Crippen LogP contribution in [0.15, 0.2) is 11.4 Å². The number of carbonyl (C=O) groups excluding carboxylic acids is 2. The molecule has 0 unspecified atom stereocenters. The van der Waals surface area contributed by atoms with Gasteiger partial charge in [0, 0.05) is 0 Å². The summed E-state index contributed by atoms with van der Waals surface area (Å²) in [5, 5.41) is 5.10. The highest BCUT2D eigenvalue weighted by molar-refractivity contribution is 7.14. The van der Waals surface area contributed by atoms with Crippen molar-refractivity contribution < 1.29 is 9.59 Å². The van der Waals surface area contributed by atoms with E-state index < -0.39 is 5.91 Å². The largest absolute Gasteiger partial charge is 0.366 e. The minimum Gasteiger partial charge on any atom is -0.366 e. The van der Waals surface area contributed by atoms with E-state index >= 15 is 0 Å². The number of thiophene rings is 1. The average molecular weight is 295 g/mol. The molecule has 3 N–H and O–H groups in total. The topological polar surface area (TPSA) is 75.4 Å². The fourth-order valence-corrected chi connectivity index (χ4v) is 3.25. The van der Waals surface area contributed by atoms with Crippen molar-refractivity contribution in [3.8, 4) is 0 Å². The van der Waals surface area contributed by atoms with Gasteiger partial charge in [0.1, 0.15) is 5.00 Å². The molecular weight excluding hydrogens is 274 g/mol. The number of carbonyl (C=O) groups is 2. The molecule has 0 radical (unpaired) electrons. The molecule has 0 saturated carbocycles. The summed E-state index contributed by atoms with van der Waals surface area (Å²) >= 11 is 1.32. The van der Waals surface area contributed by atoms with E-state index in [2.05, 4.69) is 10.2 Å². The SMILES string of the molecule is NC(=O)c1ccsc1NC(=O)CN1CCCCCCC1. The quantitative estimate of drug-likeness (QED) is 0.892. The van der Waals surface area contributed by atoms with Crippen molar-refractivity contribution in [2.24, 2.45) is 5.73 Å². The third-order valence-corrected chi connectivity index (χ3v) is 4.33. The minimum absolute atomic E-state index is 0.0736. The van der Waals surface area contributed by atoms with Gasteiger partial charge in [-0.05, 0) is 37.4 Å². The van der Waals surface area contributed by atoms with Crippen LogP contribution in [0.3, 0.4) is 0 Å². The first-order valence-corrected chi connectivity index (χ1v) is 7.94.